The van der Waals surface area contributed by atoms with Crippen molar-refractivity contribution in [2.45, 2.75) is 6.42 Å². The second-order valence-corrected chi connectivity index (χ2v) is 8.14. The van der Waals surface area contributed by atoms with Crippen molar-refractivity contribution in [3.63, 3.8) is 0 Å². The fourth-order valence-corrected chi connectivity index (χ4v) is 4.39. The Labute approximate surface area is 182 Å². The van der Waals surface area contributed by atoms with Crippen molar-refractivity contribution in [1.29, 1.82) is 0 Å². The summed E-state index contributed by atoms with van der Waals surface area (Å²) in [5, 5.41) is 0.992. The standard InChI is InChI=1S/C23H19N3O4S/c27-22(12-15-13-24-17-4-2-1-3-16(15)17)25-26-23(28)21-8-7-20(31-21)14-5-6-18-19(11-14)30-10-9-29-18/h1-8,11,13,24H,9-10,12H2,(H,25,27)(H,26,28). The minimum absolute atomic E-state index is 0.164. The molecule has 5 rings (SSSR count). The van der Waals surface area contributed by atoms with Crippen molar-refractivity contribution in [2.24, 2.45) is 0 Å². The molecule has 0 saturated heterocycles. The van der Waals surface area contributed by atoms with Crippen molar-refractivity contribution in [2.75, 3.05) is 13.2 Å². The molecule has 31 heavy (non-hydrogen) atoms. The third-order valence-corrected chi connectivity index (χ3v) is 6.13. The van der Waals surface area contributed by atoms with Gasteiger partial charge in [0.15, 0.2) is 11.5 Å². The molecule has 0 atom stereocenters. The number of amides is 2. The van der Waals surface area contributed by atoms with E-state index < -0.39 is 0 Å². The van der Waals surface area contributed by atoms with Gasteiger partial charge in [-0.3, -0.25) is 20.4 Å². The third kappa shape index (κ3) is 3.97. The number of ether oxygens (including phenoxy) is 2. The van der Waals surface area contributed by atoms with Crippen molar-refractivity contribution < 1.29 is 19.1 Å². The van der Waals surface area contributed by atoms with Gasteiger partial charge in [0.1, 0.15) is 13.2 Å². The number of aromatic nitrogens is 1. The highest BCUT2D eigenvalue weighted by Gasteiger charge is 2.16. The normalized spacial score (nSPS) is 12.5. The van der Waals surface area contributed by atoms with Gasteiger partial charge < -0.3 is 14.5 Å². The molecule has 156 valence electrons. The van der Waals surface area contributed by atoms with Crippen LogP contribution in [0.2, 0.25) is 0 Å². The number of aromatic amines is 1. The molecule has 3 N–H and O–H groups in total. The van der Waals surface area contributed by atoms with Gasteiger partial charge in [-0.05, 0) is 47.5 Å². The predicted octanol–water partition coefficient (Wildman–Crippen LogP) is 3.67. The second kappa shape index (κ2) is 8.16. The summed E-state index contributed by atoms with van der Waals surface area (Å²) in [5.41, 5.74) is 7.77. The zero-order chi connectivity index (χ0) is 21.2. The second-order valence-electron chi connectivity index (χ2n) is 7.06. The molecule has 2 aromatic heterocycles. The Balaban J connectivity index is 1.21. The number of H-pyrrole nitrogens is 1. The Bertz CT molecular complexity index is 1280. The summed E-state index contributed by atoms with van der Waals surface area (Å²) in [5.74, 6) is 0.776. The first kappa shape index (κ1) is 19.2. The monoisotopic (exact) mass is 433 g/mol. The van der Waals surface area contributed by atoms with Crippen LogP contribution in [-0.4, -0.2) is 30.0 Å². The Kier molecular flexibility index (Phi) is 5.05. The summed E-state index contributed by atoms with van der Waals surface area (Å²) in [6.45, 7) is 1.06. The van der Waals surface area contributed by atoms with Crippen LogP contribution in [0.25, 0.3) is 21.3 Å². The number of rotatable bonds is 4. The van der Waals surface area contributed by atoms with Gasteiger partial charge in [-0.2, -0.15) is 0 Å². The quantitative estimate of drug-likeness (QED) is 0.428. The first-order chi connectivity index (χ1) is 15.2. The van der Waals surface area contributed by atoms with Crippen LogP contribution in [0.15, 0.2) is 60.8 Å². The Hall–Kier alpha value is -3.78. The van der Waals surface area contributed by atoms with Gasteiger partial charge >= 0.3 is 0 Å². The van der Waals surface area contributed by atoms with E-state index in [4.69, 9.17) is 9.47 Å². The van der Waals surface area contributed by atoms with Crippen molar-refractivity contribution in [3.05, 3.63) is 71.2 Å². The first-order valence-corrected chi connectivity index (χ1v) is 10.6. The number of benzene rings is 2. The van der Waals surface area contributed by atoms with E-state index in [-0.39, 0.29) is 18.2 Å². The van der Waals surface area contributed by atoms with E-state index in [0.717, 1.165) is 32.7 Å². The largest absolute Gasteiger partial charge is 0.486 e. The number of fused-ring (bicyclic) bond motifs is 2. The maximum atomic E-state index is 12.5. The molecule has 0 radical (unpaired) electrons. The molecule has 0 spiro atoms. The molecular weight excluding hydrogens is 414 g/mol. The minimum Gasteiger partial charge on any atom is -0.486 e. The predicted molar refractivity (Wildman–Crippen MR) is 118 cm³/mol. The highest BCUT2D eigenvalue weighted by atomic mass is 32.1. The first-order valence-electron chi connectivity index (χ1n) is 9.81. The smallest absolute Gasteiger partial charge is 0.279 e. The lowest BCUT2D eigenvalue weighted by atomic mass is 10.1. The SMILES string of the molecule is O=C(Cc1c[nH]c2ccccc12)NNC(=O)c1ccc(-c2ccc3c(c2)OCCO3)s1. The number of thiophene rings is 1. The fourth-order valence-electron chi connectivity index (χ4n) is 3.49. The van der Waals surface area contributed by atoms with Crippen LogP contribution in [-0.2, 0) is 11.2 Å². The molecule has 0 aliphatic carbocycles. The summed E-state index contributed by atoms with van der Waals surface area (Å²) in [6.07, 6.45) is 1.97. The van der Waals surface area contributed by atoms with Crippen LogP contribution in [0.5, 0.6) is 11.5 Å². The zero-order valence-corrected chi connectivity index (χ0v) is 17.3. The van der Waals surface area contributed by atoms with Gasteiger partial charge in [-0.1, -0.05) is 18.2 Å². The molecule has 2 aromatic carbocycles. The van der Waals surface area contributed by atoms with Gasteiger partial charge in [0, 0.05) is 22.0 Å². The summed E-state index contributed by atoms with van der Waals surface area (Å²) in [7, 11) is 0. The van der Waals surface area contributed by atoms with E-state index in [0.29, 0.717) is 23.8 Å². The zero-order valence-electron chi connectivity index (χ0n) is 16.4. The van der Waals surface area contributed by atoms with Crippen LogP contribution in [0, 0.1) is 0 Å². The number of hydrogen-bond donors (Lipinski definition) is 3. The van der Waals surface area contributed by atoms with E-state index in [1.807, 2.05) is 54.7 Å². The van der Waals surface area contributed by atoms with Crippen molar-refractivity contribution in [1.82, 2.24) is 15.8 Å². The number of para-hydroxylation sites is 1. The number of hydrazine groups is 1. The minimum atomic E-state index is -0.360. The van der Waals surface area contributed by atoms with E-state index in [1.165, 1.54) is 11.3 Å². The number of hydrogen-bond acceptors (Lipinski definition) is 5. The van der Waals surface area contributed by atoms with Crippen LogP contribution in [0.4, 0.5) is 0 Å². The Morgan fingerprint density at radius 1 is 0.968 bits per heavy atom. The molecule has 0 bridgehead atoms. The average Bonchev–Trinajstić information content (AvgIpc) is 3.45. The average molecular weight is 433 g/mol. The lowest BCUT2D eigenvalue weighted by Gasteiger charge is -2.18. The number of carbonyl (C=O) groups excluding carboxylic acids is 2. The van der Waals surface area contributed by atoms with E-state index in [2.05, 4.69) is 15.8 Å². The molecule has 7 nitrogen and oxygen atoms in total. The lowest BCUT2D eigenvalue weighted by Crippen LogP contribution is -2.42. The van der Waals surface area contributed by atoms with Crippen molar-refractivity contribution in [3.8, 4) is 21.9 Å². The topological polar surface area (TPSA) is 92.5 Å². The molecule has 1 aliphatic heterocycles. The summed E-state index contributed by atoms with van der Waals surface area (Å²) < 4.78 is 11.2. The van der Waals surface area contributed by atoms with Gasteiger partial charge in [0.05, 0.1) is 11.3 Å². The number of nitrogens with one attached hydrogen (secondary N) is 3. The van der Waals surface area contributed by atoms with Gasteiger partial charge in [0.25, 0.3) is 5.91 Å². The summed E-state index contributed by atoms with van der Waals surface area (Å²) in [6, 6.07) is 17.1. The van der Waals surface area contributed by atoms with E-state index >= 15 is 0 Å². The molecule has 1 aliphatic rings. The fraction of sp³-hybridized carbons (Fsp3) is 0.130. The lowest BCUT2D eigenvalue weighted by molar-refractivity contribution is -0.121. The molecule has 0 unspecified atom stereocenters. The molecule has 2 amide bonds. The van der Waals surface area contributed by atoms with Gasteiger partial charge in [-0.15, -0.1) is 11.3 Å². The molecule has 0 saturated carbocycles. The summed E-state index contributed by atoms with van der Waals surface area (Å²) >= 11 is 1.34. The van der Waals surface area contributed by atoms with Crippen LogP contribution in [0.3, 0.4) is 0 Å². The molecule has 8 heteroatoms. The highest BCUT2D eigenvalue weighted by molar-refractivity contribution is 7.17. The molecule has 3 heterocycles. The van der Waals surface area contributed by atoms with Gasteiger partial charge in [0.2, 0.25) is 5.91 Å². The highest BCUT2D eigenvalue weighted by Crippen LogP contribution is 2.36. The van der Waals surface area contributed by atoms with Crippen LogP contribution < -0.4 is 20.3 Å². The Morgan fingerprint density at radius 2 is 1.81 bits per heavy atom. The molecular formula is C23H19N3O4S. The van der Waals surface area contributed by atoms with Gasteiger partial charge in [-0.25, -0.2) is 0 Å². The Morgan fingerprint density at radius 3 is 2.71 bits per heavy atom. The maximum Gasteiger partial charge on any atom is 0.279 e. The van der Waals surface area contributed by atoms with Crippen molar-refractivity contribution >= 4 is 34.1 Å². The third-order valence-electron chi connectivity index (χ3n) is 5.00. The van der Waals surface area contributed by atoms with Crippen LogP contribution in [0.1, 0.15) is 15.2 Å². The summed E-state index contributed by atoms with van der Waals surface area (Å²) in [4.78, 5) is 29.3. The molecule has 4 aromatic rings. The molecule has 0 fully saturated rings. The maximum absolute atomic E-state index is 12.5. The van der Waals surface area contributed by atoms with E-state index in [9.17, 15) is 9.59 Å². The van der Waals surface area contributed by atoms with Crippen LogP contribution >= 0.6 is 11.3 Å². The number of carbonyl (C=O) groups is 2. The van der Waals surface area contributed by atoms with E-state index in [1.54, 1.807) is 6.07 Å².